The zero-order chi connectivity index (χ0) is 10.7. The molecule has 1 rings (SSSR count). The van der Waals surface area contributed by atoms with Gasteiger partial charge in [-0.2, -0.15) is 0 Å². The predicted molar refractivity (Wildman–Crippen MR) is 59.6 cm³/mol. The fourth-order valence-corrected chi connectivity index (χ4v) is 1.67. The van der Waals surface area contributed by atoms with Crippen molar-refractivity contribution in [2.45, 2.75) is 13.3 Å². The Balaban J connectivity index is 3.01. The molecule has 1 aromatic rings. The molecule has 0 heterocycles. The third kappa shape index (κ3) is 2.70. The first kappa shape index (κ1) is 11.0. The normalized spacial score (nSPS) is 9.86. The van der Waals surface area contributed by atoms with Crippen LogP contribution >= 0.6 is 15.9 Å². The Kier molecular flexibility index (Phi) is 3.47. The van der Waals surface area contributed by atoms with Crippen LogP contribution in [0.1, 0.15) is 22.8 Å². The summed E-state index contributed by atoms with van der Waals surface area (Å²) in [5.41, 5.74) is 2.40. The second-order valence-electron chi connectivity index (χ2n) is 3.25. The molecule has 0 amide bonds. The molecule has 0 aromatic heterocycles. The van der Waals surface area contributed by atoms with Crippen molar-refractivity contribution >= 4 is 21.9 Å². The van der Waals surface area contributed by atoms with Gasteiger partial charge in [-0.3, -0.25) is 0 Å². The molecule has 14 heavy (non-hydrogen) atoms. The SMILES string of the molecule is C=C(C)Cc1ccc(C(=O)O)cc1Br. The van der Waals surface area contributed by atoms with Gasteiger partial charge in [0.2, 0.25) is 0 Å². The van der Waals surface area contributed by atoms with Crippen molar-refractivity contribution in [1.82, 2.24) is 0 Å². The van der Waals surface area contributed by atoms with Crippen molar-refractivity contribution in [1.29, 1.82) is 0 Å². The van der Waals surface area contributed by atoms with Gasteiger partial charge in [-0.05, 0) is 31.0 Å². The molecule has 0 saturated carbocycles. The third-order valence-corrected chi connectivity index (χ3v) is 2.53. The summed E-state index contributed by atoms with van der Waals surface area (Å²) in [5, 5.41) is 8.74. The molecule has 3 heteroatoms. The van der Waals surface area contributed by atoms with Crippen LogP contribution in [-0.4, -0.2) is 11.1 Å². The van der Waals surface area contributed by atoms with E-state index in [4.69, 9.17) is 5.11 Å². The fraction of sp³-hybridized carbons (Fsp3) is 0.182. The van der Waals surface area contributed by atoms with Crippen LogP contribution in [0.15, 0.2) is 34.8 Å². The topological polar surface area (TPSA) is 37.3 Å². The number of allylic oxidation sites excluding steroid dienone is 1. The Morgan fingerprint density at radius 3 is 2.64 bits per heavy atom. The van der Waals surface area contributed by atoms with Crippen LogP contribution < -0.4 is 0 Å². The lowest BCUT2D eigenvalue weighted by Crippen LogP contribution is -1.97. The number of hydrogen-bond donors (Lipinski definition) is 1. The third-order valence-electron chi connectivity index (χ3n) is 1.79. The number of benzene rings is 1. The zero-order valence-electron chi connectivity index (χ0n) is 7.88. The number of carboxylic acid groups (broad SMARTS) is 1. The van der Waals surface area contributed by atoms with Crippen LogP contribution in [0, 0.1) is 0 Å². The summed E-state index contributed by atoms with van der Waals surface area (Å²) < 4.78 is 0.820. The minimum absolute atomic E-state index is 0.294. The van der Waals surface area contributed by atoms with E-state index in [2.05, 4.69) is 22.5 Å². The molecule has 0 saturated heterocycles. The van der Waals surface area contributed by atoms with E-state index in [0.717, 1.165) is 22.0 Å². The largest absolute Gasteiger partial charge is 0.478 e. The first-order valence-electron chi connectivity index (χ1n) is 4.17. The molecular formula is C11H11BrO2. The Hall–Kier alpha value is -1.09. The number of carbonyl (C=O) groups is 1. The lowest BCUT2D eigenvalue weighted by Gasteiger charge is -2.04. The van der Waals surface area contributed by atoms with Gasteiger partial charge in [0, 0.05) is 4.47 Å². The van der Waals surface area contributed by atoms with Gasteiger partial charge >= 0.3 is 5.97 Å². The first-order valence-corrected chi connectivity index (χ1v) is 4.96. The van der Waals surface area contributed by atoms with Crippen molar-refractivity contribution in [2.24, 2.45) is 0 Å². The summed E-state index contributed by atoms with van der Waals surface area (Å²) in [6, 6.07) is 5.02. The van der Waals surface area contributed by atoms with Crippen LogP contribution in [0.2, 0.25) is 0 Å². The fourth-order valence-electron chi connectivity index (χ4n) is 1.15. The van der Waals surface area contributed by atoms with Gasteiger partial charge in [-0.1, -0.05) is 34.1 Å². The molecule has 0 aliphatic rings. The van der Waals surface area contributed by atoms with E-state index in [1.807, 2.05) is 13.0 Å². The highest BCUT2D eigenvalue weighted by atomic mass is 79.9. The van der Waals surface area contributed by atoms with Gasteiger partial charge in [-0.15, -0.1) is 0 Å². The molecule has 0 aliphatic carbocycles. The van der Waals surface area contributed by atoms with Gasteiger partial charge in [0.15, 0.2) is 0 Å². The van der Waals surface area contributed by atoms with Crippen molar-refractivity contribution < 1.29 is 9.90 Å². The molecule has 0 spiro atoms. The van der Waals surface area contributed by atoms with Crippen LogP contribution in [0.5, 0.6) is 0 Å². The van der Waals surface area contributed by atoms with Crippen LogP contribution in [-0.2, 0) is 6.42 Å². The van der Waals surface area contributed by atoms with Gasteiger partial charge in [0.05, 0.1) is 5.56 Å². The van der Waals surface area contributed by atoms with Gasteiger partial charge < -0.3 is 5.11 Å². The van der Waals surface area contributed by atoms with Crippen molar-refractivity contribution in [3.8, 4) is 0 Å². The highest BCUT2D eigenvalue weighted by molar-refractivity contribution is 9.10. The lowest BCUT2D eigenvalue weighted by atomic mass is 10.1. The maximum Gasteiger partial charge on any atom is 0.335 e. The Morgan fingerprint density at radius 1 is 1.57 bits per heavy atom. The molecule has 0 aliphatic heterocycles. The zero-order valence-corrected chi connectivity index (χ0v) is 9.47. The van der Waals surface area contributed by atoms with E-state index >= 15 is 0 Å². The van der Waals surface area contributed by atoms with E-state index in [9.17, 15) is 4.79 Å². The Labute approximate surface area is 91.4 Å². The standard InChI is InChI=1S/C11H11BrO2/c1-7(2)5-8-3-4-9(11(13)14)6-10(8)12/h3-4,6H,1,5H2,2H3,(H,13,14). The molecule has 0 radical (unpaired) electrons. The summed E-state index contributed by atoms with van der Waals surface area (Å²) in [7, 11) is 0. The van der Waals surface area contributed by atoms with Gasteiger partial charge in [-0.25, -0.2) is 4.79 Å². The Bertz CT molecular complexity index is 383. The average Bonchev–Trinajstić information content (AvgIpc) is 2.07. The summed E-state index contributed by atoms with van der Waals surface area (Å²) >= 11 is 3.34. The second-order valence-corrected chi connectivity index (χ2v) is 4.10. The van der Waals surface area contributed by atoms with Gasteiger partial charge in [0.25, 0.3) is 0 Å². The first-order chi connectivity index (χ1) is 6.50. The van der Waals surface area contributed by atoms with Crippen molar-refractivity contribution in [3.05, 3.63) is 46.0 Å². The maximum atomic E-state index is 10.6. The number of hydrogen-bond acceptors (Lipinski definition) is 1. The highest BCUT2D eigenvalue weighted by Gasteiger charge is 2.06. The van der Waals surface area contributed by atoms with E-state index in [1.54, 1.807) is 12.1 Å². The number of aromatic carboxylic acids is 1. The second kappa shape index (κ2) is 4.42. The Morgan fingerprint density at radius 2 is 2.21 bits per heavy atom. The number of rotatable bonds is 3. The summed E-state index contributed by atoms with van der Waals surface area (Å²) in [6.45, 7) is 5.75. The molecule has 0 unspecified atom stereocenters. The molecule has 2 nitrogen and oxygen atoms in total. The maximum absolute atomic E-state index is 10.6. The molecule has 74 valence electrons. The molecular weight excluding hydrogens is 244 g/mol. The van der Waals surface area contributed by atoms with E-state index in [-0.39, 0.29) is 0 Å². The minimum atomic E-state index is -0.910. The van der Waals surface area contributed by atoms with Gasteiger partial charge in [0.1, 0.15) is 0 Å². The summed E-state index contributed by atoms with van der Waals surface area (Å²) in [4.78, 5) is 10.6. The highest BCUT2D eigenvalue weighted by Crippen LogP contribution is 2.21. The lowest BCUT2D eigenvalue weighted by molar-refractivity contribution is 0.0697. The van der Waals surface area contributed by atoms with Crippen LogP contribution in [0.3, 0.4) is 0 Å². The predicted octanol–water partition coefficient (Wildman–Crippen LogP) is 3.27. The molecule has 1 aromatic carbocycles. The molecule has 0 bridgehead atoms. The van der Waals surface area contributed by atoms with Crippen molar-refractivity contribution in [2.75, 3.05) is 0 Å². The van der Waals surface area contributed by atoms with E-state index in [1.165, 1.54) is 0 Å². The van der Waals surface area contributed by atoms with Crippen molar-refractivity contribution in [3.63, 3.8) is 0 Å². The number of halogens is 1. The molecule has 0 atom stereocenters. The minimum Gasteiger partial charge on any atom is -0.478 e. The van der Waals surface area contributed by atoms with Crippen LogP contribution in [0.25, 0.3) is 0 Å². The van der Waals surface area contributed by atoms with E-state index in [0.29, 0.717) is 5.56 Å². The number of carboxylic acids is 1. The monoisotopic (exact) mass is 254 g/mol. The average molecular weight is 255 g/mol. The summed E-state index contributed by atoms with van der Waals surface area (Å²) in [5.74, 6) is -0.910. The molecule has 1 N–H and O–H groups in total. The van der Waals surface area contributed by atoms with Crippen LogP contribution in [0.4, 0.5) is 0 Å². The summed E-state index contributed by atoms with van der Waals surface area (Å²) in [6.07, 6.45) is 0.764. The smallest absolute Gasteiger partial charge is 0.335 e. The molecule has 0 fully saturated rings. The van der Waals surface area contributed by atoms with E-state index < -0.39 is 5.97 Å². The quantitative estimate of drug-likeness (QED) is 0.841.